The number of aryl methyl sites for hydroxylation is 1. The standard InChI is InChI=1S/C13H18N6O/c1-3-14-10-6-11(18-13(17-10)9-4-5-9)15-7-12-16-8(2)20-19-12/h6,9H,3-5,7H2,1-2H3,(H2,14,15,17,18). The van der Waals surface area contributed by atoms with Gasteiger partial charge in [-0.1, -0.05) is 5.16 Å². The van der Waals surface area contributed by atoms with Crippen molar-refractivity contribution in [2.45, 2.75) is 39.2 Å². The van der Waals surface area contributed by atoms with E-state index in [1.807, 2.05) is 13.0 Å². The van der Waals surface area contributed by atoms with Crippen molar-refractivity contribution < 1.29 is 4.52 Å². The van der Waals surface area contributed by atoms with Crippen molar-refractivity contribution in [3.8, 4) is 0 Å². The van der Waals surface area contributed by atoms with E-state index in [-0.39, 0.29) is 0 Å². The summed E-state index contributed by atoms with van der Waals surface area (Å²) in [5, 5.41) is 10.3. The monoisotopic (exact) mass is 274 g/mol. The molecule has 0 aliphatic heterocycles. The molecule has 0 saturated heterocycles. The van der Waals surface area contributed by atoms with Gasteiger partial charge in [0.15, 0.2) is 5.82 Å². The first kappa shape index (κ1) is 12.8. The van der Waals surface area contributed by atoms with E-state index in [0.717, 1.165) is 24.0 Å². The molecule has 0 amide bonds. The average Bonchev–Trinajstić information content (AvgIpc) is 3.20. The topological polar surface area (TPSA) is 88.8 Å². The van der Waals surface area contributed by atoms with E-state index in [1.165, 1.54) is 12.8 Å². The van der Waals surface area contributed by atoms with E-state index < -0.39 is 0 Å². The van der Waals surface area contributed by atoms with Crippen molar-refractivity contribution in [1.29, 1.82) is 0 Å². The largest absolute Gasteiger partial charge is 0.370 e. The van der Waals surface area contributed by atoms with E-state index in [9.17, 15) is 0 Å². The van der Waals surface area contributed by atoms with Gasteiger partial charge in [-0.15, -0.1) is 0 Å². The average molecular weight is 274 g/mol. The Morgan fingerprint density at radius 3 is 2.55 bits per heavy atom. The van der Waals surface area contributed by atoms with Gasteiger partial charge in [0.2, 0.25) is 5.89 Å². The van der Waals surface area contributed by atoms with E-state index in [2.05, 4.69) is 30.7 Å². The van der Waals surface area contributed by atoms with Gasteiger partial charge in [0.25, 0.3) is 0 Å². The highest BCUT2D eigenvalue weighted by Crippen LogP contribution is 2.38. The lowest BCUT2D eigenvalue weighted by atomic mass is 10.3. The van der Waals surface area contributed by atoms with Crippen LogP contribution in [0.2, 0.25) is 0 Å². The summed E-state index contributed by atoms with van der Waals surface area (Å²) in [6.07, 6.45) is 2.36. The molecule has 2 N–H and O–H groups in total. The molecular weight excluding hydrogens is 256 g/mol. The molecule has 0 atom stereocenters. The third-order valence-corrected chi connectivity index (χ3v) is 3.04. The van der Waals surface area contributed by atoms with Crippen molar-refractivity contribution in [2.24, 2.45) is 0 Å². The molecule has 7 heteroatoms. The molecule has 1 fully saturated rings. The third-order valence-electron chi connectivity index (χ3n) is 3.04. The maximum atomic E-state index is 4.94. The minimum absolute atomic E-state index is 0.490. The summed E-state index contributed by atoms with van der Waals surface area (Å²) < 4.78 is 4.94. The number of aromatic nitrogens is 4. The molecule has 7 nitrogen and oxygen atoms in total. The Balaban J connectivity index is 1.73. The predicted molar refractivity (Wildman–Crippen MR) is 74.5 cm³/mol. The molecule has 0 bridgehead atoms. The van der Waals surface area contributed by atoms with Crippen LogP contribution in [0.3, 0.4) is 0 Å². The number of rotatable bonds is 6. The van der Waals surface area contributed by atoms with Crippen LogP contribution in [0.15, 0.2) is 10.6 Å². The molecule has 2 heterocycles. The number of anilines is 2. The van der Waals surface area contributed by atoms with Crippen LogP contribution in [0.4, 0.5) is 11.6 Å². The molecule has 1 aliphatic rings. The van der Waals surface area contributed by atoms with E-state index in [1.54, 1.807) is 6.92 Å². The zero-order valence-corrected chi connectivity index (χ0v) is 11.7. The number of hydrogen-bond donors (Lipinski definition) is 2. The maximum Gasteiger partial charge on any atom is 0.223 e. The lowest BCUT2D eigenvalue weighted by Crippen LogP contribution is -2.08. The molecule has 3 rings (SSSR count). The van der Waals surface area contributed by atoms with E-state index >= 15 is 0 Å². The fraction of sp³-hybridized carbons (Fsp3) is 0.538. The van der Waals surface area contributed by atoms with Crippen LogP contribution < -0.4 is 10.6 Å². The summed E-state index contributed by atoms with van der Waals surface area (Å²) >= 11 is 0. The third kappa shape index (κ3) is 3.04. The molecule has 1 aliphatic carbocycles. The van der Waals surface area contributed by atoms with Crippen LogP contribution in [-0.4, -0.2) is 26.7 Å². The Bertz CT molecular complexity index is 592. The summed E-state index contributed by atoms with van der Waals surface area (Å²) in [6.45, 7) is 5.15. The summed E-state index contributed by atoms with van der Waals surface area (Å²) in [5.41, 5.74) is 0. The summed E-state index contributed by atoms with van der Waals surface area (Å²) in [5.74, 6) is 4.27. The van der Waals surface area contributed by atoms with Gasteiger partial charge in [-0.2, -0.15) is 4.98 Å². The van der Waals surface area contributed by atoms with Crippen LogP contribution in [0, 0.1) is 6.92 Å². The van der Waals surface area contributed by atoms with Gasteiger partial charge in [-0.3, -0.25) is 0 Å². The van der Waals surface area contributed by atoms with Gasteiger partial charge < -0.3 is 15.2 Å². The van der Waals surface area contributed by atoms with Gasteiger partial charge in [0.05, 0.1) is 6.54 Å². The first-order valence-corrected chi connectivity index (χ1v) is 6.90. The Hall–Kier alpha value is -2.18. The molecule has 2 aromatic heterocycles. The quantitative estimate of drug-likeness (QED) is 0.833. The smallest absolute Gasteiger partial charge is 0.223 e. The first-order valence-electron chi connectivity index (χ1n) is 6.90. The van der Waals surface area contributed by atoms with Gasteiger partial charge >= 0.3 is 0 Å². The van der Waals surface area contributed by atoms with Crippen molar-refractivity contribution in [2.75, 3.05) is 17.2 Å². The zero-order valence-electron chi connectivity index (χ0n) is 11.7. The van der Waals surface area contributed by atoms with Crippen molar-refractivity contribution >= 4 is 11.6 Å². The minimum Gasteiger partial charge on any atom is -0.370 e. The fourth-order valence-corrected chi connectivity index (χ4v) is 1.93. The second-order valence-corrected chi connectivity index (χ2v) is 4.88. The van der Waals surface area contributed by atoms with Gasteiger partial charge in [0, 0.05) is 25.5 Å². The number of nitrogens with one attached hydrogen (secondary N) is 2. The first-order chi connectivity index (χ1) is 9.74. The molecule has 20 heavy (non-hydrogen) atoms. The Kier molecular flexibility index (Phi) is 3.49. The van der Waals surface area contributed by atoms with Crippen LogP contribution in [0.5, 0.6) is 0 Å². The molecular formula is C13H18N6O. The van der Waals surface area contributed by atoms with Gasteiger partial charge in [-0.25, -0.2) is 9.97 Å². The summed E-state index contributed by atoms with van der Waals surface area (Å²) in [6, 6.07) is 1.91. The van der Waals surface area contributed by atoms with E-state index in [4.69, 9.17) is 4.52 Å². The molecule has 0 unspecified atom stereocenters. The lowest BCUT2D eigenvalue weighted by Gasteiger charge is -2.09. The van der Waals surface area contributed by atoms with Gasteiger partial charge in [-0.05, 0) is 19.8 Å². The van der Waals surface area contributed by atoms with Crippen molar-refractivity contribution in [3.05, 3.63) is 23.6 Å². The van der Waals surface area contributed by atoms with Crippen LogP contribution >= 0.6 is 0 Å². The number of hydrogen-bond acceptors (Lipinski definition) is 7. The molecule has 1 saturated carbocycles. The molecule has 0 aromatic carbocycles. The second-order valence-electron chi connectivity index (χ2n) is 4.88. The lowest BCUT2D eigenvalue weighted by molar-refractivity contribution is 0.388. The van der Waals surface area contributed by atoms with Crippen LogP contribution in [-0.2, 0) is 6.54 Å². The van der Waals surface area contributed by atoms with Crippen molar-refractivity contribution in [3.63, 3.8) is 0 Å². The van der Waals surface area contributed by atoms with E-state index in [0.29, 0.717) is 24.2 Å². The Labute approximate surface area is 117 Å². The normalized spacial score (nSPS) is 14.3. The van der Waals surface area contributed by atoms with Crippen LogP contribution in [0.1, 0.15) is 43.2 Å². The number of nitrogens with zero attached hydrogens (tertiary/aromatic N) is 4. The predicted octanol–water partition coefficient (Wildman–Crippen LogP) is 2.09. The van der Waals surface area contributed by atoms with Crippen LogP contribution in [0.25, 0.3) is 0 Å². The molecule has 0 spiro atoms. The van der Waals surface area contributed by atoms with Crippen molar-refractivity contribution in [1.82, 2.24) is 20.1 Å². The Morgan fingerprint density at radius 1 is 1.20 bits per heavy atom. The highest BCUT2D eigenvalue weighted by Gasteiger charge is 2.27. The molecule has 106 valence electrons. The second kappa shape index (κ2) is 5.44. The summed E-state index contributed by atoms with van der Waals surface area (Å²) in [7, 11) is 0. The highest BCUT2D eigenvalue weighted by atomic mass is 16.5. The maximum absolute atomic E-state index is 4.94. The highest BCUT2D eigenvalue weighted by molar-refractivity contribution is 5.48. The fourth-order valence-electron chi connectivity index (χ4n) is 1.93. The molecule has 2 aromatic rings. The Morgan fingerprint density at radius 2 is 1.95 bits per heavy atom. The van der Waals surface area contributed by atoms with Gasteiger partial charge in [0.1, 0.15) is 17.5 Å². The molecule has 0 radical (unpaired) electrons. The summed E-state index contributed by atoms with van der Waals surface area (Å²) in [4.78, 5) is 13.2. The zero-order chi connectivity index (χ0) is 13.9. The minimum atomic E-state index is 0.490. The SMILES string of the molecule is CCNc1cc(NCc2noc(C)n2)nc(C2CC2)n1.